The minimum absolute atomic E-state index is 0.102. The average molecular weight is 475 g/mol. The monoisotopic (exact) mass is 474 g/mol. The highest BCUT2D eigenvalue weighted by Crippen LogP contribution is 2.68. The molecular formula is C31H54O3. The van der Waals surface area contributed by atoms with Gasteiger partial charge >= 0.3 is 0 Å². The normalized spacial score (nSPS) is 43.2. The lowest BCUT2D eigenvalue weighted by atomic mass is 9.44. The quantitative estimate of drug-likeness (QED) is 0.335. The van der Waals surface area contributed by atoms with Crippen molar-refractivity contribution in [3.05, 3.63) is 0 Å². The summed E-state index contributed by atoms with van der Waals surface area (Å²) in [5, 5.41) is 0. The summed E-state index contributed by atoms with van der Waals surface area (Å²) in [7, 11) is 3.50. The van der Waals surface area contributed by atoms with E-state index in [0.717, 1.165) is 55.3 Å². The van der Waals surface area contributed by atoms with Crippen LogP contribution in [0.3, 0.4) is 0 Å². The molecule has 196 valence electrons. The second-order valence-corrected chi connectivity index (χ2v) is 13.8. The lowest BCUT2D eigenvalue weighted by Crippen LogP contribution is -2.59. The number of fused-ring (bicyclic) bond motifs is 5. The molecule has 0 aromatic heterocycles. The van der Waals surface area contributed by atoms with Crippen LogP contribution in [0.4, 0.5) is 0 Å². The molecular weight excluding hydrogens is 420 g/mol. The zero-order valence-electron chi connectivity index (χ0n) is 23.6. The first-order valence-electron chi connectivity index (χ1n) is 14.7. The molecule has 0 bridgehead atoms. The third-order valence-corrected chi connectivity index (χ3v) is 12.4. The Labute approximate surface area is 210 Å². The van der Waals surface area contributed by atoms with Crippen molar-refractivity contribution in [1.29, 1.82) is 0 Å². The summed E-state index contributed by atoms with van der Waals surface area (Å²) in [6, 6.07) is 0. The molecule has 4 aliphatic rings. The van der Waals surface area contributed by atoms with Gasteiger partial charge in [-0.25, -0.2) is 0 Å². The molecule has 4 saturated carbocycles. The first-order chi connectivity index (χ1) is 16.0. The number of ketones is 1. The Morgan fingerprint density at radius 2 is 1.59 bits per heavy atom. The predicted octanol–water partition coefficient (Wildman–Crippen LogP) is 7.91. The van der Waals surface area contributed by atoms with Crippen LogP contribution < -0.4 is 0 Å². The Bertz CT molecular complexity index is 726. The average Bonchev–Trinajstić information content (AvgIpc) is 3.17. The molecule has 0 aromatic carbocycles. The van der Waals surface area contributed by atoms with Crippen molar-refractivity contribution >= 4 is 5.78 Å². The number of methoxy groups -OCH3 is 2. The van der Waals surface area contributed by atoms with Crippen LogP contribution >= 0.6 is 0 Å². The van der Waals surface area contributed by atoms with Gasteiger partial charge in [0.05, 0.1) is 0 Å². The van der Waals surface area contributed by atoms with Gasteiger partial charge in [-0.05, 0) is 90.8 Å². The van der Waals surface area contributed by atoms with E-state index in [4.69, 9.17) is 9.47 Å². The fraction of sp³-hybridized carbons (Fsp3) is 0.968. The van der Waals surface area contributed by atoms with Crippen LogP contribution in [0.2, 0.25) is 0 Å². The van der Waals surface area contributed by atoms with Crippen molar-refractivity contribution in [2.75, 3.05) is 14.2 Å². The van der Waals surface area contributed by atoms with E-state index < -0.39 is 5.79 Å². The minimum atomic E-state index is -0.559. The highest BCUT2D eigenvalue weighted by Gasteiger charge is 2.64. The Kier molecular flexibility index (Phi) is 7.69. The Hall–Kier alpha value is -0.410. The van der Waals surface area contributed by atoms with Gasteiger partial charge in [0.2, 0.25) is 0 Å². The van der Waals surface area contributed by atoms with Crippen molar-refractivity contribution in [2.24, 2.45) is 58.2 Å². The first-order valence-corrected chi connectivity index (χ1v) is 14.7. The molecule has 1 unspecified atom stereocenters. The van der Waals surface area contributed by atoms with E-state index in [-0.39, 0.29) is 11.3 Å². The van der Waals surface area contributed by atoms with Crippen LogP contribution in [-0.2, 0) is 14.3 Å². The zero-order valence-corrected chi connectivity index (χ0v) is 23.6. The second kappa shape index (κ2) is 9.81. The number of hydrogen-bond donors (Lipinski definition) is 0. The molecule has 0 amide bonds. The summed E-state index contributed by atoms with van der Waals surface area (Å²) in [5.74, 6) is 5.39. The van der Waals surface area contributed by atoms with E-state index in [2.05, 4.69) is 41.5 Å². The van der Waals surface area contributed by atoms with Crippen molar-refractivity contribution < 1.29 is 14.3 Å². The van der Waals surface area contributed by atoms with Gasteiger partial charge in [0.25, 0.3) is 0 Å². The lowest BCUT2D eigenvalue weighted by molar-refractivity contribution is -0.256. The fourth-order valence-corrected chi connectivity index (χ4v) is 10.1. The van der Waals surface area contributed by atoms with Crippen molar-refractivity contribution in [2.45, 2.75) is 118 Å². The Morgan fingerprint density at radius 3 is 2.21 bits per heavy atom. The molecule has 3 nitrogen and oxygen atoms in total. The number of ether oxygens (including phenoxy) is 2. The minimum Gasteiger partial charge on any atom is -0.353 e. The first kappa shape index (κ1) is 26.6. The Balaban J connectivity index is 1.50. The van der Waals surface area contributed by atoms with Crippen LogP contribution in [0.1, 0.15) is 112 Å². The van der Waals surface area contributed by atoms with Gasteiger partial charge in [0.1, 0.15) is 5.78 Å². The molecule has 34 heavy (non-hydrogen) atoms. The van der Waals surface area contributed by atoms with Gasteiger partial charge in [-0.15, -0.1) is 0 Å². The second-order valence-electron chi connectivity index (χ2n) is 13.8. The molecule has 4 fully saturated rings. The highest BCUT2D eigenvalue weighted by molar-refractivity contribution is 5.83. The summed E-state index contributed by atoms with van der Waals surface area (Å²) < 4.78 is 11.6. The van der Waals surface area contributed by atoms with Gasteiger partial charge < -0.3 is 9.47 Å². The number of carbonyl (C=O) groups is 1. The molecule has 4 aliphatic carbocycles. The van der Waals surface area contributed by atoms with E-state index in [9.17, 15) is 4.79 Å². The number of Topliss-reactive ketones (excluding diaryl/α,β-unsaturated/α-hetero) is 1. The van der Waals surface area contributed by atoms with E-state index in [1.54, 1.807) is 14.2 Å². The molecule has 3 heteroatoms. The number of carbonyl (C=O) groups excluding carboxylic acids is 1. The van der Waals surface area contributed by atoms with E-state index in [1.807, 2.05) is 0 Å². The van der Waals surface area contributed by atoms with Gasteiger partial charge in [-0.2, -0.15) is 0 Å². The molecule has 9 atom stereocenters. The fourth-order valence-electron chi connectivity index (χ4n) is 10.1. The highest BCUT2D eigenvalue weighted by atomic mass is 16.7. The summed E-state index contributed by atoms with van der Waals surface area (Å²) in [6.45, 7) is 14.8. The maximum absolute atomic E-state index is 13.7. The van der Waals surface area contributed by atoms with Gasteiger partial charge in [0.15, 0.2) is 5.79 Å². The topological polar surface area (TPSA) is 35.5 Å². The van der Waals surface area contributed by atoms with Gasteiger partial charge in [-0.3, -0.25) is 4.79 Å². The maximum Gasteiger partial charge on any atom is 0.168 e. The van der Waals surface area contributed by atoms with Crippen LogP contribution in [0.15, 0.2) is 0 Å². The van der Waals surface area contributed by atoms with Crippen LogP contribution in [-0.4, -0.2) is 25.8 Å². The van der Waals surface area contributed by atoms with E-state index in [1.165, 1.54) is 44.9 Å². The summed E-state index contributed by atoms with van der Waals surface area (Å²) in [4.78, 5) is 13.7. The van der Waals surface area contributed by atoms with Crippen molar-refractivity contribution in [3.63, 3.8) is 0 Å². The van der Waals surface area contributed by atoms with E-state index in [0.29, 0.717) is 23.0 Å². The molecule has 0 aromatic rings. The van der Waals surface area contributed by atoms with E-state index >= 15 is 0 Å². The zero-order chi connectivity index (χ0) is 24.9. The summed E-state index contributed by atoms with van der Waals surface area (Å²) >= 11 is 0. The molecule has 0 spiro atoms. The Morgan fingerprint density at radius 1 is 0.912 bits per heavy atom. The third-order valence-electron chi connectivity index (χ3n) is 12.4. The van der Waals surface area contributed by atoms with Crippen molar-refractivity contribution in [3.8, 4) is 0 Å². The van der Waals surface area contributed by atoms with Crippen LogP contribution in [0, 0.1) is 58.2 Å². The van der Waals surface area contributed by atoms with Crippen LogP contribution in [0.25, 0.3) is 0 Å². The largest absolute Gasteiger partial charge is 0.353 e. The smallest absolute Gasteiger partial charge is 0.168 e. The maximum atomic E-state index is 13.7. The SMILES string of the molecule is CC[C@H](CC[C@@H](C)[C@H]1CC[C@H]2C3CC(=O)[C@H]4CC(OC)(OC)CC[C@]4(C)[C@H]3CC[C@]12C)C(C)C. The summed E-state index contributed by atoms with van der Waals surface area (Å²) in [6.07, 6.45) is 13.0. The number of rotatable bonds is 8. The van der Waals surface area contributed by atoms with Crippen LogP contribution in [0.5, 0.6) is 0 Å². The summed E-state index contributed by atoms with van der Waals surface area (Å²) in [5.41, 5.74) is 0.554. The predicted molar refractivity (Wildman–Crippen MR) is 139 cm³/mol. The van der Waals surface area contributed by atoms with Gasteiger partial charge in [-0.1, -0.05) is 54.4 Å². The van der Waals surface area contributed by atoms with Crippen molar-refractivity contribution in [1.82, 2.24) is 0 Å². The standard InChI is InChI=1S/C31H54O3/c1-9-22(20(2)3)11-10-21(4)24-12-13-25-23-18-28(32)27-19-31(33-7,34-8)17-16-30(27,6)26(23)14-15-29(24,25)5/h20-27H,9-19H2,1-8H3/t21-,22-,23?,24-,25+,26+,27-,29-,30-/m1/s1. The van der Waals surface area contributed by atoms with Gasteiger partial charge in [0, 0.05) is 39.4 Å². The molecule has 0 N–H and O–H groups in total. The molecule has 4 rings (SSSR count). The third kappa shape index (κ3) is 4.23. The molecule has 0 heterocycles. The molecule has 0 saturated heterocycles. The molecule has 0 radical (unpaired) electrons. The number of hydrogen-bond acceptors (Lipinski definition) is 3. The lowest BCUT2D eigenvalue weighted by Gasteiger charge is -2.61. The molecule has 0 aliphatic heterocycles.